The number of amides is 1. The Labute approximate surface area is 224 Å². The maximum Gasteiger partial charge on any atom is 0.431 e. The summed E-state index contributed by atoms with van der Waals surface area (Å²) in [6, 6.07) is 1.99. The molecule has 12 nitrogen and oxygen atoms in total. The van der Waals surface area contributed by atoms with E-state index >= 15 is 0 Å². The number of hydrogen-bond acceptors (Lipinski definition) is 10. The molecule has 1 aromatic carbocycles. The van der Waals surface area contributed by atoms with Gasteiger partial charge in [-0.2, -0.15) is 5.06 Å². The summed E-state index contributed by atoms with van der Waals surface area (Å²) < 4.78 is 17.9. The van der Waals surface area contributed by atoms with Gasteiger partial charge in [0.05, 0.1) is 16.7 Å². The van der Waals surface area contributed by atoms with Crippen molar-refractivity contribution in [1.82, 2.24) is 5.06 Å². The van der Waals surface area contributed by atoms with Gasteiger partial charge in [0, 0.05) is 7.11 Å². The average Bonchev–Trinajstić information content (AvgIpc) is 3.36. The van der Waals surface area contributed by atoms with E-state index in [2.05, 4.69) is 11.1 Å². The summed E-state index contributed by atoms with van der Waals surface area (Å²) in [5, 5.41) is 37.1. The number of rotatable bonds is 7. The number of methoxy groups -OCH3 is 1. The first-order valence-electron chi connectivity index (χ1n) is 12.5. The number of carboxylic acid groups (broad SMARTS) is 1. The molecule has 210 valence electrons. The Bertz CT molecular complexity index is 1370. The Balaban J connectivity index is 1.87. The fourth-order valence-electron chi connectivity index (χ4n) is 5.88. The third-order valence-corrected chi connectivity index (χ3v) is 7.54. The molecule has 1 spiro atoms. The zero-order chi connectivity index (χ0) is 28.5. The predicted octanol–water partition coefficient (Wildman–Crippen LogP) is 2.85. The lowest BCUT2D eigenvalue weighted by Crippen LogP contribution is -2.67. The number of hydrogen-bond donors (Lipinski definition) is 3. The molecule has 1 amide bonds. The van der Waals surface area contributed by atoms with Crippen LogP contribution in [-0.4, -0.2) is 76.9 Å². The standard InChI is InChI=1S/C27H32N2O10/c1-6-13-37-29(26(33)34)19-21(31)23(39-27(24(19)35-4)11-7-8-12-27)16-9-10-17-20(30)18(15(3)28-36-5)25(32)38-22(17)14(16)2/h1,9-10,19,21,23-24,30-31H,7-8,11-13H2,2-5H3,(H,33,34)/t19-,21+,23-,24+/m1/s1. The van der Waals surface area contributed by atoms with Crippen molar-refractivity contribution >= 4 is 22.8 Å². The molecule has 1 saturated carbocycles. The highest BCUT2D eigenvalue weighted by Crippen LogP contribution is 2.50. The molecule has 4 rings (SSSR count). The number of hydroxylamine groups is 2. The summed E-state index contributed by atoms with van der Waals surface area (Å²) in [7, 11) is 2.75. The second-order valence-corrected chi connectivity index (χ2v) is 9.66. The molecule has 39 heavy (non-hydrogen) atoms. The normalized spacial score (nSPS) is 24.6. The minimum Gasteiger partial charge on any atom is -0.506 e. The highest BCUT2D eigenvalue weighted by atomic mass is 16.7. The van der Waals surface area contributed by atoms with Gasteiger partial charge in [-0.3, -0.25) is 4.84 Å². The van der Waals surface area contributed by atoms with Gasteiger partial charge < -0.3 is 34.0 Å². The van der Waals surface area contributed by atoms with Crippen LogP contribution in [-0.2, 0) is 19.1 Å². The molecule has 1 aliphatic carbocycles. The van der Waals surface area contributed by atoms with E-state index in [1.165, 1.54) is 27.2 Å². The van der Waals surface area contributed by atoms with Crippen LogP contribution in [0.4, 0.5) is 4.79 Å². The summed E-state index contributed by atoms with van der Waals surface area (Å²) in [6.07, 6.45) is 3.26. The van der Waals surface area contributed by atoms with Crippen LogP contribution >= 0.6 is 0 Å². The van der Waals surface area contributed by atoms with Crippen LogP contribution in [0.1, 0.15) is 55.4 Å². The van der Waals surface area contributed by atoms with Crippen molar-refractivity contribution in [2.45, 2.75) is 69.5 Å². The molecule has 2 aromatic rings. The third kappa shape index (κ3) is 4.83. The Morgan fingerprint density at radius 3 is 2.59 bits per heavy atom. The Hall–Kier alpha value is -3.63. The number of aromatic hydroxyl groups is 1. The molecular weight excluding hydrogens is 512 g/mol. The molecule has 0 bridgehead atoms. The van der Waals surface area contributed by atoms with Crippen molar-refractivity contribution in [3.05, 3.63) is 39.2 Å². The van der Waals surface area contributed by atoms with E-state index in [0.29, 0.717) is 29.0 Å². The van der Waals surface area contributed by atoms with Crippen LogP contribution in [0.5, 0.6) is 5.75 Å². The van der Waals surface area contributed by atoms with Gasteiger partial charge in [-0.05, 0) is 43.9 Å². The van der Waals surface area contributed by atoms with Gasteiger partial charge in [-0.25, -0.2) is 9.59 Å². The second-order valence-electron chi connectivity index (χ2n) is 9.66. The second kappa shape index (κ2) is 11.2. The van der Waals surface area contributed by atoms with Gasteiger partial charge in [-0.15, -0.1) is 6.42 Å². The Kier molecular flexibility index (Phi) is 8.17. The van der Waals surface area contributed by atoms with Crippen LogP contribution < -0.4 is 5.63 Å². The van der Waals surface area contributed by atoms with Crippen molar-refractivity contribution in [2.75, 3.05) is 20.8 Å². The van der Waals surface area contributed by atoms with Crippen molar-refractivity contribution < 1.29 is 43.7 Å². The number of aliphatic hydroxyl groups excluding tert-OH is 1. The predicted molar refractivity (Wildman–Crippen MR) is 138 cm³/mol. The number of ether oxygens (including phenoxy) is 2. The van der Waals surface area contributed by atoms with Crippen molar-refractivity contribution in [3.63, 3.8) is 0 Å². The van der Waals surface area contributed by atoms with Gasteiger partial charge in [0.2, 0.25) is 0 Å². The maximum atomic E-state index is 12.8. The average molecular weight is 545 g/mol. The topological polar surface area (TPSA) is 160 Å². The first-order valence-corrected chi connectivity index (χ1v) is 12.5. The number of benzene rings is 1. The van der Waals surface area contributed by atoms with Crippen LogP contribution in [0, 0.1) is 19.3 Å². The van der Waals surface area contributed by atoms with Gasteiger partial charge in [-0.1, -0.05) is 30.0 Å². The van der Waals surface area contributed by atoms with Crippen LogP contribution in [0.25, 0.3) is 11.0 Å². The molecule has 1 aliphatic heterocycles. The van der Waals surface area contributed by atoms with Gasteiger partial charge >= 0.3 is 11.7 Å². The number of oxime groups is 1. The molecule has 2 fully saturated rings. The quantitative estimate of drug-likeness (QED) is 0.205. The number of nitrogens with zero attached hydrogens (tertiary/aromatic N) is 2. The van der Waals surface area contributed by atoms with Crippen LogP contribution in [0.2, 0.25) is 0 Å². The zero-order valence-electron chi connectivity index (χ0n) is 22.2. The molecule has 0 radical (unpaired) electrons. The molecule has 12 heteroatoms. The summed E-state index contributed by atoms with van der Waals surface area (Å²) >= 11 is 0. The largest absolute Gasteiger partial charge is 0.506 e. The van der Waals surface area contributed by atoms with E-state index in [1.54, 1.807) is 13.0 Å². The summed E-state index contributed by atoms with van der Waals surface area (Å²) in [5.74, 6) is 1.91. The lowest BCUT2D eigenvalue weighted by Gasteiger charge is -2.52. The van der Waals surface area contributed by atoms with E-state index in [1.807, 2.05) is 0 Å². The molecule has 1 saturated heterocycles. The fraction of sp³-hybridized carbons (Fsp3) is 0.519. The van der Waals surface area contributed by atoms with Crippen LogP contribution in [0.3, 0.4) is 0 Å². The molecule has 1 aromatic heterocycles. The van der Waals surface area contributed by atoms with E-state index < -0.39 is 41.7 Å². The molecule has 0 unspecified atom stereocenters. The Morgan fingerprint density at radius 1 is 1.31 bits per heavy atom. The molecule has 2 aliphatic rings. The lowest BCUT2D eigenvalue weighted by atomic mass is 9.79. The molecule has 4 atom stereocenters. The summed E-state index contributed by atoms with van der Waals surface area (Å²) in [6.45, 7) is 2.82. The van der Waals surface area contributed by atoms with E-state index in [4.69, 9.17) is 30.0 Å². The third-order valence-electron chi connectivity index (χ3n) is 7.54. The minimum absolute atomic E-state index is 0.0873. The van der Waals surface area contributed by atoms with Crippen molar-refractivity contribution in [3.8, 4) is 18.1 Å². The van der Waals surface area contributed by atoms with Gasteiger partial charge in [0.1, 0.15) is 55.0 Å². The number of aryl methyl sites for hydroxylation is 1. The number of fused-ring (bicyclic) bond motifs is 1. The van der Waals surface area contributed by atoms with Crippen molar-refractivity contribution in [2.24, 2.45) is 5.16 Å². The highest BCUT2D eigenvalue weighted by Gasteiger charge is 2.59. The van der Waals surface area contributed by atoms with E-state index in [-0.39, 0.29) is 34.6 Å². The molecule has 3 N–H and O–H groups in total. The zero-order valence-corrected chi connectivity index (χ0v) is 22.2. The van der Waals surface area contributed by atoms with Gasteiger partial charge in [0.25, 0.3) is 0 Å². The minimum atomic E-state index is -1.46. The number of aliphatic hydroxyl groups is 1. The van der Waals surface area contributed by atoms with E-state index in [0.717, 1.165) is 12.8 Å². The summed E-state index contributed by atoms with van der Waals surface area (Å²) in [5.41, 5.74) is -0.792. The number of terminal acetylenes is 1. The summed E-state index contributed by atoms with van der Waals surface area (Å²) in [4.78, 5) is 35.1. The fourth-order valence-corrected chi connectivity index (χ4v) is 5.88. The first kappa shape index (κ1) is 28.4. The van der Waals surface area contributed by atoms with Crippen molar-refractivity contribution in [1.29, 1.82) is 0 Å². The molecular formula is C27H32N2O10. The lowest BCUT2D eigenvalue weighted by molar-refractivity contribution is -0.296. The first-order chi connectivity index (χ1) is 18.6. The smallest absolute Gasteiger partial charge is 0.431 e. The Morgan fingerprint density at radius 2 is 2.00 bits per heavy atom. The van der Waals surface area contributed by atoms with Gasteiger partial charge in [0.15, 0.2) is 0 Å². The monoisotopic (exact) mass is 544 g/mol. The maximum absolute atomic E-state index is 12.8. The number of carbonyl (C=O) groups is 1. The molecule has 2 heterocycles. The van der Waals surface area contributed by atoms with Crippen LogP contribution in [0.15, 0.2) is 26.5 Å². The van der Waals surface area contributed by atoms with E-state index in [9.17, 15) is 24.9 Å². The highest BCUT2D eigenvalue weighted by molar-refractivity contribution is 6.04. The SMILES string of the molecule is C#CCON(C(=O)O)[C@@H]1[C@H](O)[C@@H](c2ccc3c(O)c(C(C)=NOC)c(=O)oc3c2C)OC2(CCCC2)[C@H]1OC.